The minimum absolute atomic E-state index is 0.00451. The van der Waals surface area contributed by atoms with E-state index in [9.17, 15) is 22.8 Å². The Labute approximate surface area is 125 Å². The summed E-state index contributed by atoms with van der Waals surface area (Å²) in [5, 5.41) is 10.4. The molecule has 2 heterocycles. The van der Waals surface area contributed by atoms with Crippen LogP contribution in [-0.2, 0) is 14.4 Å². The molecule has 2 amide bonds. The maximum absolute atomic E-state index is 11.8. The van der Waals surface area contributed by atoms with Gasteiger partial charge in [-0.15, -0.1) is 0 Å². The van der Waals surface area contributed by atoms with Crippen LogP contribution in [0.3, 0.4) is 0 Å². The molecule has 0 saturated carbocycles. The Kier molecular flexibility index (Phi) is 6.75. The van der Waals surface area contributed by atoms with Crippen molar-refractivity contribution in [2.24, 2.45) is 0 Å². The molecule has 22 heavy (non-hydrogen) atoms. The molecule has 10 heteroatoms. The van der Waals surface area contributed by atoms with E-state index >= 15 is 0 Å². The number of aliphatic carboxylic acids is 1. The van der Waals surface area contributed by atoms with Gasteiger partial charge in [0.25, 0.3) is 0 Å². The summed E-state index contributed by atoms with van der Waals surface area (Å²) in [5.41, 5.74) is 0. The summed E-state index contributed by atoms with van der Waals surface area (Å²) in [7, 11) is 0. The second kappa shape index (κ2) is 8.08. The fraction of sp³-hybridized carbons (Fsp3) is 0.750. The third-order valence-electron chi connectivity index (χ3n) is 3.19. The molecule has 2 rings (SSSR count). The molecule has 0 bridgehead atoms. The van der Waals surface area contributed by atoms with E-state index in [1.165, 1.54) is 4.90 Å². The fourth-order valence-corrected chi connectivity index (χ4v) is 2.06. The highest BCUT2D eigenvalue weighted by Crippen LogP contribution is 2.13. The molecule has 126 valence electrons. The van der Waals surface area contributed by atoms with Crippen LogP contribution < -0.4 is 5.32 Å². The molecule has 2 N–H and O–H groups in total. The van der Waals surface area contributed by atoms with Gasteiger partial charge in [0.2, 0.25) is 11.8 Å². The summed E-state index contributed by atoms with van der Waals surface area (Å²) >= 11 is 0. The summed E-state index contributed by atoms with van der Waals surface area (Å²) in [5.74, 6) is -2.79. The predicted molar refractivity (Wildman–Crippen MR) is 69.0 cm³/mol. The second-order valence-electron chi connectivity index (χ2n) is 4.87. The topological polar surface area (TPSA) is 90.0 Å². The van der Waals surface area contributed by atoms with Crippen LogP contribution in [0.15, 0.2) is 0 Å². The number of carbonyl (C=O) groups excluding carboxylic acids is 2. The molecule has 0 aromatic heterocycles. The van der Waals surface area contributed by atoms with Crippen LogP contribution in [0.1, 0.15) is 12.8 Å². The van der Waals surface area contributed by atoms with Crippen LogP contribution in [0.2, 0.25) is 0 Å². The molecule has 0 radical (unpaired) electrons. The predicted octanol–water partition coefficient (Wildman–Crippen LogP) is -0.326. The third kappa shape index (κ3) is 5.98. The third-order valence-corrected chi connectivity index (χ3v) is 3.19. The van der Waals surface area contributed by atoms with Gasteiger partial charge in [-0.1, -0.05) is 0 Å². The summed E-state index contributed by atoms with van der Waals surface area (Å²) in [6.45, 7) is 4.67. The van der Waals surface area contributed by atoms with Gasteiger partial charge >= 0.3 is 12.1 Å². The van der Waals surface area contributed by atoms with Crippen molar-refractivity contribution in [3.05, 3.63) is 0 Å². The average molecular weight is 325 g/mol. The normalized spacial score (nSPS) is 19.6. The lowest BCUT2D eigenvalue weighted by molar-refractivity contribution is -0.192. The Bertz CT molecular complexity index is 422. The van der Waals surface area contributed by atoms with Crippen molar-refractivity contribution < 1.29 is 32.7 Å². The molecule has 0 unspecified atom stereocenters. The number of nitrogens with one attached hydrogen (secondary N) is 1. The summed E-state index contributed by atoms with van der Waals surface area (Å²) in [4.78, 5) is 35.5. The molecular formula is C12H18F3N3O4. The maximum atomic E-state index is 11.8. The first-order valence-corrected chi connectivity index (χ1v) is 6.78. The molecule has 2 aliphatic rings. The zero-order valence-corrected chi connectivity index (χ0v) is 11.9. The van der Waals surface area contributed by atoms with E-state index in [-0.39, 0.29) is 11.8 Å². The molecule has 0 aromatic carbocycles. The first kappa shape index (κ1) is 18.4. The first-order chi connectivity index (χ1) is 10.2. The van der Waals surface area contributed by atoms with E-state index in [4.69, 9.17) is 9.90 Å². The Morgan fingerprint density at radius 1 is 1.18 bits per heavy atom. The monoisotopic (exact) mass is 325 g/mol. The Morgan fingerprint density at radius 3 is 2.14 bits per heavy atom. The van der Waals surface area contributed by atoms with E-state index in [0.29, 0.717) is 19.5 Å². The Morgan fingerprint density at radius 2 is 1.73 bits per heavy atom. The minimum Gasteiger partial charge on any atom is -0.475 e. The average Bonchev–Trinajstić information content (AvgIpc) is 2.86. The highest BCUT2D eigenvalue weighted by molar-refractivity contribution is 5.97. The SMILES string of the molecule is O=C(O)C(F)(F)F.O=C1CCCN1C(=O)CN1CCNCC1. The van der Waals surface area contributed by atoms with Crippen LogP contribution in [0.4, 0.5) is 13.2 Å². The molecule has 2 fully saturated rings. The lowest BCUT2D eigenvalue weighted by atomic mass is 10.3. The Balaban J connectivity index is 0.000000295. The molecule has 2 aliphatic heterocycles. The number of amides is 2. The molecule has 0 atom stereocenters. The van der Waals surface area contributed by atoms with Crippen molar-refractivity contribution in [1.29, 1.82) is 0 Å². The van der Waals surface area contributed by atoms with Crippen molar-refractivity contribution in [3.8, 4) is 0 Å². The number of nitrogens with zero attached hydrogens (tertiary/aromatic N) is 2. The number of alkyl halides is 3. The standard InChI is InChI=1S/C10H17N3O2.C2HF3O2/c14-9-2-1-5-13(9)10(15)8-12-6-3-11-4-7-12;3-2(4,5)1(6)7/h11H,1-8H2;(H,6,7). The minimum atomic E-state index is -5.08. The lowest BCUT2D eigenvalue weighted by Crippen LogP contribution is -2.48. The van der Waals surface area contributed by atoms with Crippen LogP contribution in [-0.4, -0.2) is 78.1 Å². The van der Waals surface area contributed by atoms with E-state index < -0.39 is 12.1 Å². The lowest BCUT2D eigenvalue weighted by Gasteiger charge is -2.27. The van der Waals surface area contributed by atoms with Crippen molar-refractivity contribution in [1.82, 2.24) is 15.1 Å². The molecule has 7 nitrogen and oxygen atoms in total. The van der Waals surface area contributed by atoms with Gasteiger partial charge in [-0.05, 0) is 6.42 Å². The number of piperazine rings is 1. The molecule has 0 aromatic rings. The van der Waals surface area contributed by atoms with Gasteiger partial charge < -0.3 is 10.4 Å². The van der Waals surface area contributed by atoms with Gasteiger partial charge in [-0.3, -0.25) is 19.4 Å². The zero-order valence-electron chi connectivity index (χ0n) is 11.9. The summed E-state index contributed by atoms with van der Waals surface area (Å²) in [6.07, 6.45) is -3.72. The number of carbonyl (C=O) groups is 3. The number of carboxylic acid groups (broad SMARTS) is 1. The molecule has 2 saturated heterocycles. The van der Waals surface area contributed by atoms with Crippen LogP contribution in [0.25, 0.3) is 0 Å². The van der Waals surface area contributed by atoms with Gasteiger partial charge in [-0.2, -0.15) is 13.2 Å². The van der Waals surface area contributed by atoms with Crippen LogP contribution in [0.5, 0.6) is 0 Å². The quantitative estimate of drug-likeness (QED) is 0.723. The van der Waals surface area contributed by atoms with Crippen LogP contribution >= 0.6 is 0 Å². The van der Waals surface area contributed by atoms with E-state index in [1.807, 2.05) is 0 Å². The van der Waals surface area contributed by atoms with Crippen molar-refractivity contribution in [2.45, 2.75) is 19.0 Å². The number of imide groups is 1. The van der Waals surface area contributed by atoms with E-state index in [1.54, 1.807) is 0 Å². The van der Waals surface area contributed by atoms with Gasteiger partial charge in [-0.25, -0.2) is 4.79 Å². The number of likely N-dealkylation sites (tertiary alicyclic amines) is 1. The van der Waals surface area contributed by atoms with Crippen molar-refractivity contribution >= 4 is 17.8 Å². The number of rotatable bonds is 2. The summed E-state index contributed by atoms with van der Waals surface area (Å²) < 4.78 is 31.7. The Hall–Kier alpha value is -1.68. The number of hydrogen-bond acceptors (Lipinski definition) is 5. The number of carboxylic acids is 1. The molecular weight excluding hydrogens is 307 g/mol. The number of hydrogen-bond donors (Lipinski definition) is 2. The van der Waals surface area contributed by atoms with Gasteiger partial charge in [0.15, 0.2) is 0 Å². The highest BCUT2D eigenvalue weighted by Gasteiger charge is 2.38. The summed E-state index contributed by atoms with van der Waals surface area (Å²) in [6, 6.07) is 0. The van der Waals surface area contributed by atoms with Crippen molar-refractivity contribution in [3.63, 3.8) is 0 Å². The smallest absolute Gasteiger partial charge is 0.475 e. The molecule has 0 spiro atoms. The molecule has 0 aliphatic carbocycles. The van der Waals surface area contributed by atoms with Crippen molar-refractivity contribution in [2.75, 3.05) is 39.3 Å². The fourth-order valence-electron chi connectivity index (χ4n) is 2.06. The maximum Gasteiger partial charge on any atom is 0.490 e. The van der Waals surface area contributed by atoms with Gasteiger partial charge in [0, 0.05) is 39.1 Å². The van der Waals surface area contributed by atoms with E-state index in [0.717, 1.165) is 32.6 Å². The van der Waals surface area contributed by atoms with Crippen LogP contribution in [0, 0.1) is 0 Å². The van der Waals surface area contributed by atoms with Gasteiger partial charge in [0.05, 0.1) is 6.54 Å². The highest BCUT2D eigenvalue weighted by atomic mass is 19.4. The second-order valence-corrected chi connectivity index (χ2v) is 4.87. The number of halogens is 3. The first-order valence-electron chi connectivity index (χ1n) is 6.78. The largest absolute Gasteiger partial charge is 0.490 e. The van der Waals surface area contributed by atoms with E-state index in [2.05, 4.69) is 10.2 Å². The van der Waals surface area contributed by atoms with Gasteiger partial charge in [0.1, 0.15) is 0 Å². The zero-order chi connectivity index (χ0) is 16.8.